The van der Waals surface area contributed by atoms with Crippen LogP contribution in [0.25, 0.3) is 0 Å². The van der Waals surface area contributed by atoms with Crippen LogP contribution < -0.4 is 0 Å². The highest BCUT2D eigenvalue weighted by Gasteiger charge is 1.99. The summed E-state index contributed by atoms with van der Waals surface area (Å²) in [6.07, 6.45) is 0. The van der Waals surface area contributed by atoms with Gasteiger partial charge in [0.2, 0.25) is 0 Å². The molecule has 0 aliphatic rings. The van der Waals surface area contributed by atoms with Crippen molar-refractivity contribution < 1.29 is 0 Å². The van der Waals surface area contributed by atoms with E-state index in [1.807, 2.05) is 48.5 Å². The lowest BCUT2D eigenvalue weighted by Gasteiger charge is -2.00. The molecule has 1 nitrogen and oxygen atoms in total. The lowest BCUT2D eigenvalue weighted by molar-refractivity contribution is 1.43. The second-order valence-electron chi connectivity index (χ2n) is 4.10. The lowest BCUT2D eigenvalue weighted by Crippen LogP contribution is -1.90. The highest BCUT2D eigenvalue weighted by Crippen LogP contribution is 2.16. The van der Waals surface area contributed by atoms with Gasteiger partial charge in [0.15, 0.2) is 0 Å². The first-order chi connectivity index (χ1) is 8.15. The van der Waals surface area contributed by atoms with Crippen LogP contribution in [0.15, 0.2) is 53.5 Å². The normalized spacial score (nSPS) is 11.6. The summed E-state index contributed by atoms with van der Waals surface area (Å²) in [6, 6.07) is 16.0. The summed E-state index contributed by atoms with van der Waals surface area (Å²) < 4.78 is 0. The Hall–Kier alpha value is -1.60. The molecule has 0 N–H and O–H groups in total. The number of hydrogen-bond donors (Lipinski definition) is 0. The van der Waals surface area contributed by atoms with E-state index in [2.05, 4.69) is 18.8 Å². The monoisotopic (exact) mass is 243 g/mol. The fourth-order valence-corrected chi connectivity index (χ4v) is 1.71. The zero-order valence-corrected chi connectivity index (χ0v) is 10.7. The molecule has 2 heteroatoms. The molecule has 0 aliphatic heterocycles. The molecule has 0 saturated heterocycles. The second kappa shape index (κ2) is 5.15. The van der Waals surface area contributed by atoms with Crippen molar-refractivity contribution in [3.05, 3.63) is 65.2 Å². The predicted molar refractivity (Wildman–Crippen MR) is 74.4 cm³/mol. The maximum Gasteiger partial charge on any atom is 0.136 e. The maximum absolute atomic E-state index is 6.18. The Kier molecular flexibility index (Phi) is 3.60. The number of rotatable bonds is 2. The van der Waals surface area contributed by atoms with Crippen molar-refractivity contribution in [1.82, 2.24) is 0 Å². The van der Waals surface area contributed by atoms with Gasteiger partial charge in [-0.2, -0.15) is 0 Å². The molecule has 2 aromatic carbocycles. The highest BCUT2D eigenvalue weighted by atomic mass is 35.5. The quantitative estimate of drug-likeness (QED) is 0.683. The SMILES string of the molecule is Cc1ccc(N=C(Cl)c2ccc(C)cc2)cc1. The van der Waals surface area contributed by atoms with E-state index in [-0.39, 0.29) is 0 Å². The fourth-order valence-electron chi connectivity index (χ4n) is 1.49. The van der Waals surface area contributed by atoms with Crippen LogP contribution in [-0.2, 0) is 0 Å². The van der Waals surface area contributed by atoms with Crippen LogP contribution in [0, 0.1) is 13.8 Å². The van der Waals surface area contributed by atoms with Crippen LogP contribution in [0.5, 0.6) is 0 Å². The molecule has 2 rings (SSSR count). The van der Waals surface area contributed by atoms with Crippen LogP contribution in [-0.4, -0.2) is 5.17 Å². The highest BCUT2D eigenvalue weighted by molar-refractivity contribution is 6.69. The molecule has 0 radical (unpaired) electrons. The van der Waals surface area contributed by atoms with E-state index in [0.29, 0.717) is 5.17 Å². The van der Waals surface area contributed by atoms with Gasteiger partial charge in [-0.15, -0.1) is 0 Å². The minimum absolute atomic E-state index is 0.522. The number of halogens is 1. The van der Waals surface area contributed by atoms with Crippen molar-refractivity contribution in [2.24, 2.45) is 4.99 Å². The predicted octanol–water partition coefficient (Wildman–Crippen LogP) is 4.62. The van der Waals surface area contributed by atoms with Crippen LogP contribution in [0.1, 0.15) is 16.7 Å². The second-order valence-corrected chi connectivity index (χ2v) is 4.46. The van der Waals surface area contributed by atoms with Crippen LogP contribution in [0.4, 0.5) is 5.69 Å². The number of hydrogen-bond acceptors (Lipinski definition) is 1. The first kappa shape index (κ1) is 11.9. The molecular formula is C15H14ClN. The molecule has 0 atom stereocenters. The van der Waals surface area contributed by atoms with Gasteiger partial charge in [-0.1, -0.05) is 59.1 Å². The Balaban J connectivity index is 2.27. The van der Waals surface area contributed by atoms with E-state index in [4.69, 9.17) is 11.6 Å². The summed E-state index contributed by atoms with van der Waals surface area (Å²) in [5.74, 6) is 0. The summed E-state index contributed by atoms with van der Waals surface area (Å²) in [7, 11) is 0. The summed E-state index contributed by atoms with van der Waals surface area (Å²) in [6.45, 7) is 4.10. The molecule has 0 unspecified atom stereocenters. The van der Waals surface area contributed by atoms with E-state index in [9.17, 15) is 0 Å². The van der Waals surface area contributed by atoms with Gasteiger partial charge in [0.25, 0.3) is 0 Å². The van der Waals surface area contributed by atoms with Gasteiger partial charge in [0.1, 0.15) is 5.17 Å². The number of aliphatic imine (C=N–C) groups is 1. The Labute approximate surface area is 107 Å². The Morgan fingerprint density at radius 2 is 1.29 bits per heavy atom. The summed E-state index contributed by atoms with van der Waals surface area (Å²) >= 11 is 6.18. The first-order valence-corrected chi connectivity index (χ1v) is 5.91. The molecule has 0 spiro atoms. The molecule has 0 aromatic heterocycles. The van der Waals surface area contributed by atoms with Gasteiger partial charge in [-0.05, 0) is 26.0 Å². The molecule has 0 fully saturated rings. The third kappa shape index (κ3) is 3.18. The van der Waals surface area contributed by atoms with Crippen molar-refractivity contribution in [2.45, 2.75) is 13.8 Å². The number of benzene rings is 2. The van der Waals surface area contributed by atoms with E-state index >= 15 is 0 Å². The molecule has 0 heterocycles. The van der Waals surface area contributed by atoms with E-state index < -0.39 is 0 Å². The largest absolute Gasteiger partial charge is 0.236 e. The van der Waals surface area contributed by atoms with Crippen LogP contribution in [0.2, 0.25) is 0 Å². The summed E-state index contributed by atoms with van der Waals surface area (Å²) in [5, 5.41) is 0.522. The number of nitrogens with zero attached hydrogens (tertiary/aromatic N) is 1. The molecule has 0 saturated carbocycles. The molecule has 2 aromatic rings. The fraction of sp³-hybridized carbons (Fsp3) is 0.133. The standard InChI is InChI=1S/C15H14ClN/c1-11-3-7-13(8-4-11)15(16)17-14-9-5-12(2)6-10-14/h3-10H,1-2H3. The van der Waals surface area contributed by atoms with Crippen LogP contribution >= 0.6 is 11.6 Å². The minimum Gasteiger partial charge on any atom is -0.236 e. The molecule has 17 heavy (non-hydrogen) atoms. The number of aryl methyl sites for hydroxylation is 2. The zero-order chi connectivity index (χ0) is 12.3. The van der Waals surface area contributed by atoms with Gasteiger partial charge >= 0.3 is 0 Å². The maximum atomic E-state index is 6.18. The van der Waals surface area contributed by atoms with Gasteiger partial charge in [-0.25, -0.2) is 4.99 Å². The average Bonchev–Trinajstić information content (AvgIpc) is 2.33. The van der Waals surface area contributed by atoms with Crippen molar-refractivity contribution >= 4 is 22.5 Å². The molecule has 0 bridgehead atoms. The van der Waals surface area contributed by atoms with Gasteiger partial charge in [-0.3, -0.25) is 0 Å². The molecule has 0 aliphatic carbocycles. The van der Waals surface area contributed by atoms with E-state index in [1.54, 1.807) is 0 Å². The van der Waals surface area contributed by atoms with Gasteiger partial charge in [0, 0.05) is 5.56 Å². The van der Waals surface area contributed by atoms with Gasteiger partial charge < -0.3 is 0 Å². The van der Waals surface area contributed by atoms with Crippen molar-refractivity contribution in [3.8, 4) is 0 Å². The Morgan fingerprint density at radius 1 is 0.824 bits per heavy atom. The lowest BCUT2D eigenvalue weighted by atomic mass is 10.2. The summed E-state index contributed by atoms with van der Waals surface area (Å²) in [5.41, 5.74) is 4.25. The van der Waals surface area contributed by atoms with Crippen molar-refractivity contribution in [3.63, 3.8) is 0 Å². The third-order valence-electron chi connectivity index (χ3n) is 2.55. The zero-order valence-electron chi connectivity index (χ0n) is 9.94. The summed E-state index contributed by atoms with van der Waals surface area (Å²) in [4.78, 5) is 4.38. The van der Waals surface area contributed by atoms with E-state index in [1.165, 1.54) is 11.1 Å². The topological polar surface area (TPSA) is 12.4 Å². The Bertz CT molecular complexity index is 524. The van der Waals surface area contributed by atoms with Crippen molar-refractivity contribution in [2.75, 3.05) is 0 Å². The first-order valence-electron chi connectivity index (χ1n) is 5.53. The molecule has 86 valence electrons. The van der Waals surface area contributed by atoms with Gasteiger partial charge in [0.05, 0.1) is 5.69 Å². The van der Waals surface area contributed by atoms with E-state index in [0.717, 1.165) is 11.3 Å². The third-order valence-corrected chi connectivity index (χ3v) is 2.85. The van der Waals surface area contributed by atoms with Crippen LogP contribution in [0.3, 0.4) is 0 Å². The van der Waals surface area contributed by atoms with Crippen molar-refractivity contribution in [1.29, 1.82) is 0 Å². The minimum atomic E-state index is 0.522. The Morgan fingerprint density at radius 3 is 1.82 bits per heavy atom. The molecule has 0 amide bonds. The smallest absolute Gasteiger partial charge is 0.136 e. The average molecular weight is 244 g/mol. The molecular weight excluding hydrogens is 230 g/mol.